The Balaban J connectivity index is 2.47. The van der Waals surface area contributed by atoms with E-state index in [4.69, 9.17) is 4.74 Å². The molecule has 0 spiro atoms. The first kappa shape index (κ1) is 13.9. The summed E-state index contributed by atoms with van der Waals surface area (Å²) in [5.41, 5.74) is -0.0707. The lowest BCUT2D eigenvalue weighted by Gasteiger charge is -2.07. The average Bonchev–Trinajstić information content (AvgIpc) is 2.69. The summed E-state index contributed by atoms with van der Waals surface area (Å²) in [7, 11) is 1.27. The summed E-state index contributed by atoms with van der Waals surface area (Å²) < 4.78 is 4.87. The van der Waals surface area contributed by atoms with Crippen LogP contribution in [-0.4, -0.2) is 27.2 Å². The molecule has 106 valence electrons. The molecule has 1 heterocycles. The molecule has 2 rings (SSSR count). The molecule has 0 amide bonds. The van der Waals surface area contributed by atoms with Gasteiger partial charge in [-0.1, -0.05) is 11.3 Å². The van der Waals surface area contributed by atoms with Gasteiger partial charge >= 0.3 is 10.6 Å². The molecule has 20 heavy (non-hydrogen) atoms. The van der Waals surface area contributed by atoms with Crippen molar-refractivity contribution in [3.63, 3.8) is 0 Å². The zero-order valence-electron chi connectivity index (χ0n) is 10.2. The molecule has 0 bridgehead atoms. The second-order valence-electron chi connectivity index (χ2n) is 3.89. The van der Waals surface area contributed by atoms with Gasteiger partial charge in [-0.05, 0) is 11.6 Å². The van der Waals surface area contributed by atoms with Crippen LogP contribution in [-0.2, 0) is 6.42 Å². The van der Waals surface area contributed by atoms with Crippen molar-refractivity contribution in [3.8, 4) is 17.4 Å². The topological polar surface area (TPSA) is 126 Å². The maximum atomic E-state index is 11.1. The standard InChI is InChI=1S/C11H10N2O6S/c1-19-7-3-5(2-6(9(7)14)13(17)18)4-8-10(15)12-11(16)20-8/h2-3,14-15H,4H2,1H3,(H,12,16). The number of nitrogens with zero attached hydrogens (tertiary/aromatic N) is 1. The number of phenolic OH excluding ortho intramolecular Hbond substituents is 1. The van der Waals surface area contributed by atoms with Crippen LogP contribution in [0.4, 0.5) is 5.69 Å². The number of phenols is 1. The minimum Gasteiger partial charge on any atom is -0.500 e. The molecule has 0 unspecified atom stereocenters. The Hall–Kier alpha value is -2.55. The Morgan fingerprint density at radius 3 is 2.65 bits per heavy atom. The number of benzene rings is 1. The fraction of sp³-hybridized carbons (Fsp3) is 0.182. The molecule has 0 aliphatic carbocycles. The molecule has 0 radical (unpaired) electrons. The van der Waals surface area contributed by atoms with E-state index in [2.05, 4.69) is 4.98 Å². The van der Waals surface area contributed by atoms with Crippen LogP contribution < -0.4 is 9.61 Å². The molecule has 2 aromatic rings. The van der Waals surface area contributed by atoms with Crippen LogP contribution in [0.15, 0.2) is 16.9 Å². The normalized spacial score (nSPS) is 10.4. The van der Waals surface area contributed by atoms with E-state index in [1.807, 2.05) is 0 Å². The van der Waals surface area contributed by atoms with Crippen molar-refractivity contribution in [2.24, 2.45) is 0 Å². The lowest BCUT2D eigenvalue weighted by Crippen LogP contribution is -1.95. The summed E-state index contributed by atoms with van der Waals surface area (Å²) in [5, 5.41) is 30.0. The van der Waals surface area contributed by atoms with E-state index in [1.54, 1.807) is 0 Å². The minimum atomic E-state index is -0.735. The number of nitrogens with one attached hydrogen (secondary N) is 1. The highest BCUT2D eigenvalue weighted by Crippen LogP contribution is 2.37. The second kappa shape index (κ2) is 5.21. The molecule has 0 saturated heterocycles. The van der Waals surface area contributed by atoms with Gasteiger partial charge in [-0.2, -0.15) is 0 Å². The summed E-state index contributed by atoms with van der Waals surface area (Å²) in [6.07, 6.45) is 0.104. The maximum absolute atomic E-state index is 11.1. The number of nitro benzene ring substituents is 1. The summed E-state index contributed by atoms with van der Waals surface area (Å²) in [6, 6.07) is 2.58. The fourth-order valence-corrected chi connectivity index (χ4v) is 2.46. The van der Waals surface area contributed by atoms with Gasteiger partial charge in [-0.3, -0.25) is 19.9 Å². The largest absolute Gasteiger partial charge is 0.500 e. The number of thiazole rings is 1. The first-order chi connectivity index (χ1) is 9.42. The van der Waals surface area contributed by atoms with Gasteiger partial charge in [0.15, 0.2) is 5.75 Å². The SMILES string of the molecule is COc1cc(Cc2sc(=O)[nH]c2O)cc([N+](=O)[O-])c1O. The summed E-state index contributed by atoms with van der Waals surface area (Å²) in [4.78, 5) is 23.3. The molecule has 0 fully saturated rings. The van der Waals surface area contributed by atoms with Gasteiger partial charge in [-0.25, -0.2) is 0 Å². The van der Waals surface area contributed by atoms with Crippen LogP contribution in [0.3, 0.4) is 0 Å². The highest BCUT2D eigenvalue weighted by Gasteiger charge is 2.20. The lowest BCUT2D eigenvalue weighted by molar-refractivity contribution is -0.386. The van der Waals surface area contributed by atoms with E-state index in [0.29, 0.717) is 10.4 Å². The van der Waals surface area contributed by atoms with Crippen molar-refractivity contribution < 1.29 is 19.9 Å². The van der Waals surface area contributed by atoms with Gasteiger partial charge in [0.2, 0.25) is 11.6 Å². The third kappa shape index (κ3) is 2.57. The minimum absolute atomic E-state index is 0.0448. The van der Waals surface area contributed by atoms with E-state index >= 15 is 0 Å². The predicted octanol–water partition coefficient (Wildman–Crippen LogP) is 1.36. The van der Waals surface area contributed by atoms with Crippen molar-refractivity contribution in [1.82, 2.24) is 4.98 Å². The van der Waals surface area contributed by atoms with Gasteiger partial charge < -0.3 is 14.9 Å². The number of ether oxygens (including phenoxy) is 1. The molecule has 8 nitrogen and oxygen atoms in total. The lowest BCUT2D eigenvalue weighted by atomic mass is 10.1. The van der Waals surface area contributed by atoms with Gasteiger partial charge in [0, 0.05) is 12.5 Å². The number of aromatic hydroxyl groups is 2. The van der Waals surface area contributed by atoms with Crippen molar-refractivity contribution in [3.05, 3.63) is 42.4 Å². The molecule has 0 saturated carbocycles. The van der Waals surface area contributed by atoms with E-state index in [-0.39, 0.29) is 18.1 Å². The Bertz CT molecular complexity index is 720. The molecular weight excluding hydrogens is 288 g/mol. The molecular formula is C11H10N2O6S. The zero-order valence-corrected chi connectivity index (χ0v) is 11.1. The van der Waals surface area contributed by atoms with Crippen LogP contribution in [0.2, 0.25) is 0 Å². The van der Waals surface area contributed by atoms with Gasteiger partial charge in [0.05, 0.1) is 16.9 Å². The number of hydrogen-bond acceptors (Lipinski definition) is 7. The molecule has 1 aromatic carbocycles. The van der Waals surface area contributed by atoms with Crippen LogP contribution in [0.1, 0.15) is 10.4 Å². The zero-order chi connectivity index (χ0) is 14.9. The van der Waals surface area contributed by atoms with Crippen LogP contribution in [0.25, 0.3) is 0 Å². The van der Waals surface area contributed by atoms with Crippen molar-refractivity contribution in [2.45, 2.75) is 6.42 Å². The van der Waals surface area contributed by atoms with Crippen LogP contribution in [0, 0.1) is 10.1 Å². The summed E-state index contributed by atoms with van der Waals surface area (Å²) in [5.74, 6) is -0.876. The maximum Gasteiger partial charge on any atom is 0.314 e. The molecule has 3 N–H and O–H groups in total. The quantitative estimate of drug-likeness (QED) is 0.578. The van der Waals surface area contributed by atoms with Crippen LogP contribution >= 0.6 is 11.3 Å². The third-order valence-corrected chi connectivity index (χ3v) is 3.47. The van der Waals surface area contributed by atoms with Crippen LogP contribution in [0.5, 0.6) is 17.4 Å². The number of aromatic amines is 1. The first-order valence-corrected chi connectivity index (χ1v) is 6.19. The number of methoxy groups -OCH3 is 1. The molecule has 0 aliphatic heterocycles. The van der Waals surface area contributed by atoms with Gasteiger partial charge in [0.1, 0.15) is 0 Å². The third-order valence-electron chi connectivity index (χ3n) is 2.60. The smallest absolute Gasteiger partial charge is 0.314 e. The molecule has 0 aliphatic rings. The number of hydrogen-bond donors (Lipinski definition) is 3. The molecule has 1 aromatic heterocycles. The van der Waals surface area contributed by atoms with Crippen molar-refractivity contribution in [1.29, 1.82) is 0 Å². The Kier molecular flexibility index (Phi) is 3.61. The monoisotopic (exact) mass is 298 g/mol. The Morgan fingerprint density at radius 2 is 2.15 bits per heavy atom. The predicted molar refractivity (Wildman–Crippen MR) is 70.7 cm³/mol. The van der Waals surface area contributed by atoms with Crippen molar-refractivity contribution >= 4 is 17.0 Å². The fourth-order valence-electron chi connectivity index (χ4n) is 1.70. The number of H-pyrrole nitrogens is 1. The molecule has 0 atom stereocenters. The Labute approximate surface area is 116 Å². The number of rotatable bonds is 4. The number of aromatic nitrogens is 1. The van der Waals surface area contributed by atoms with E-state index in [0.717, 1.165) is 11.3 Å². The van der Waals surface area contributed by atoms with Crippen molar-refractivity contribution in [2.75, 3.05) is 7.11 Å². The average molecular weight is 298 g/mol. The number of nitro groups is 1. The van der Waals surface area contributed by atoms with E-state index < -0.39 is 21.2 Å². The summed E-state index contributed by atoms with van der Waals surface area (Å²) >= 11 is 0.807. The highest BCUT2D eigenvalue weighted by molar-refractivity contribution is 7.09. The first-order valence-electron chi connectivity index (χ1n) is 5.37. The second-order valence-corrected chi connectivity index (χ2v) is 4.95. The van der Waals surface area contributed by atoms with E-state index in [9.17, 15) is 25.1 Å². The van der Waals surface area contributed by atoms with Gasteiger partial charge in [-0.15, -0.1) is 0 Å². The van der Waals surface area contributed by atoms with Gasteiger partial charge in [0.25, 0.3) is 0 Å². The molecule has 9 heteroatoms. The summed E-state index contributed by atoms with van der Waals surface area (Å²) in [6.45, 7) is 0. The Morgan fingerprint density at radius 1 is 1.45 bits per heavy atom. The van der Waals surface area contributed by atoms with E-state index in [1.165, 1.54) is 19.2 Å². The highest BCUT2D eigenvalue weighted by atomic mass is 32.1.